The number of anilines is 1. The lowest BCUT2D eigenvalue weighted by Crippen LogP contribution is -2.35. The van der Waals surface area contributed by atoms with Crippen LogP contribution in [-0.4, -0.2) is 40.9 Å². The second-order valence-corrected chi connectivity index (χ2v) is 7.40. The van der Waals surface area contributed by atoms with Crippen molar-refractivity contribution in [2.75, 3.05) is 18.4 Å². The fourth-order valence-corrected chi connectivity index (χ4v) is 3.46. The molecule has 2 aromatic heterocycles. The summed E-state index contributed by atoms with van der Waals surface area (Å²) in [6.07, 6.45) is 1.31. The van der Waals surface area contributed by atoms with Crippen molar-refractivity contribution in [2.45, 2.75) is 27.2 Å². The van der Waals surface area contributed by atoms with E-state index in [2.05, 4.69) is 5.32 Å². The third-order valence-electron chi connectivity index (χ3n) is 3.56. The molecule has 2 aromatic rings. The standard InChI is InChI=1S/C18H22N2O5S/c1-11(2)10-20(7-6-15(21)22)18(24)16-12(3)9-14(26-16)19-17(23)13-5-4-8-25-13/h4-5,8-9,11H,6-7,10H2,1-3H3,(H,19,23)(H,21,22). The molecule has 2 rings (SSSR count). The summed E-state index contributed by atoms with van der Waals surface area (Å²) in [5.74, 6) is -1.15. The van der Waals surface area contributed by atoms with Gasteiger partial charge in [0.15, 0.2) is 5.76 Å². The molecule has 0 atom stereocenters. The number of aliphatic carboxylic acids is 1. The van der Waals surface area contributed by atoms with Gasteiger partial charge >= 0.3 is 5.97 Å². The maximum Gasteiger partial charge on any atom is 0.305 e. The van der Waals surface area contributed by atoms with E-state index in [4.69, 9.17) is 9.52 Å². The molecule has 8 heteroatoms. The number of hydrogen-bond acceptors (Lipinski definition) is 5. The number of aryl methyl sites for hydroxylation is 1. The van der Waals surface area contributed by atoms with Gasteiger partial charge in [-0.25, -0.2) is 0 Å². The Morgan fingerprint density at radius 3 is 2.65 bits per heavy atom. The Balaban J connectivity index is 2.15. The van der Waals surface area contributed by atoms with Gasteiger partial charge in [-0.3, -0.25) is 14.4 Å². The first-order valence-corrected chi connectivity index (χ1v) is 9.06. The molecule has 26 heavy (non-hydrogen) atoms. The van der Waals surface area contributed by atoms with Crippen LogP contribution in [0.5, 0.6) is 0 Å². The third kappa shape index (κ3) is 5.19. The average Bonchev–Trinajstić information content (AvgIpc) is 3.20. The normalized spacial score (nSPS) is 10.8. The molecule has 0 aromatic carbocycles. The van der Waals surface area contributed by atoms with Crippen molar-refractivity contribution in [3.8, 4) is 0 Å². The number of carboxylic acids is 1. The summed E-state index contributed by atoms with van der Waals surface area (Å²) in [4.78, 5) is 37.8. The summed E-state index contributed by atoms with van der Waals surface area (Å²) < 4.78 is 5.05. The fraction of sp³-hybridized carbons (Fsp3) is 0.389. The summed E-state index contributed by atoms with van der Waals surface area (Å²) in [6.45, 7) is 6.35. The van der Waals surface area contributed by atoms with E-state index >= 15 is 0 Å². The molecular formula is C18H22N2O5S. The van der Waals surface area contributed by atoms with Gasteiger partial charge in [-0.15, -0.1) is 11.3 Å². The lowest BCUT2D eigenvalue weighted by molar-refractivity contribution is -0.137. The maximum atomic E-state index is 12.9. The second kappa shape index (κ2) is 8.66. The highest BCUT2D eigenvalue weighted by atomic mass is 32.1. The predicted molar refractivity (Wildman–Crippen MR) is 98.7 cm³/mol. The number of furan rings is 1. The molecule has 2 heterocycles. The van der Waals surface area contributed by atoms with Crippen molar-refractivity contribution in [3.63, 3.8) is 0 Å². The molecule has 0 fully saturated rings. The van der Waals surface area contributed by atoms with Crippen LogP contribution in [0.25, 0.3) is 0 Å². The molecule has 0 spiro atoms. The highest BCUT2D eigenvalue weighted by molar-refractivity contribution is 7.18. The van der Waals surface area contributed by atoms with E-state index in [1.807, 2.05) is 13.8 Å². The van der Waals surface area contributed by atoms with Gasteiger partial charge in [0.05, 0.1) is 22.6 Å². The Kier molecular flexibility index (Phi) is 6.57. The topological polar surface area (TPSA) is 99.9 Å². The number of amides is 2. The van der Waals surface area contributed by atoms with Gasteiger partial charge in [0.1, 0.15) is 0 Å². The first kappa shape index (κ1) is 19.7. The molecular weight excluding hydrogens is 356 g/mol. The molecule has 7 nitrogen and oxygen atoms in total. The van der Waals surface area contributed by atoms with E-state index in [-0.39, 0.29) is 36.5 Å². The van der Waals surface area contributed by atoms with Crippen molar-refractivity contribution in [1.82, 2.24) is 4.90 Å². The summed E-state index contributed by atoms with van der Waals surface area (Å²) in [7, 11) is 0. The van der Waals surface area contributed by atoms with E-state index < -0.39 is 5.97 Å². The van der Waals surface area contributed by atoms with E-state index in [0.29, 0.717) is 16.4 Å². The molecule has 0 saturated carbocycles. The van der Waals surface area contributed by atoms with Gasteiger partial charge in [0.2, 0.25) is 0 Å². The van der Waals surface area contributed by atoms with Crippen molar-refractivity contribution in [2.24, 2.45) is 5.92 Å². The van der Waals surface area contributed by atoms with Crippen LogP contribution in [0.3, 0.4) is 0 Å². The highest BCUT2D eigenvalue weighted by Gasteiger charge is 2.22. The quantitative estimate of drug-likeness (QED) is 0.732. The maximum absolute atomic E-state index is 12.9. The molecule has 0 radical (unpaired) electrons. The SMILES string of the molecule is Cc1cc(NC(=O)c2ccco2)sc1C(=O)N(CCC(=O)O)CC(C)C. The highest BCUT2D eigenvalue weighted by Crippen LogP contribution is 2.28. The van der Waals surface area contributed by atoms with Crippen molar-refractivity contribution in [3.05, 3.63) is 40.7 Å². The lowest BCUT2D eigenvalue weighted by Gasteiger charge is -2.23. The van der Waals surface area contributed by atoms with Gasteiger partial charge in [-0.05, 0) is 36.6 Å². The summed E-state index contributed by atoms with van der Waals surface area (Å²) in [5.41, 5.74) is 0.735. The first-order chi connectivity index (χ1) is 12.3. The van der Waals surface area contributed by atoms with Gasteiger partial charge in [-0.2, -0.15) is 0 Å². The van der Waals surface area contributed by atoms with Crippen LogP contribution >= 0.6 is 11.3 Å². The van der Waals surface area contributed by atoms with Gasteiger partial charge in [-0.1, -0.05) is 13.8 Å². The van der Waals surface area contributed by atoms with Crippen LogP contribution in [0.1, 0.15) is 46.1 Å². The fourth-order valence-electron chi connectivity index (χ4n) is 2.43. The zero-order valence-electron chi connectivity index (χ0n) is 14.9. The van der Waals surface area contributed by atoms with E-state index in [1.54, 1.807) is 30.0 Å². The van der Waals surface area contributed by atoms with Crippen LogP contribution < -0.4 is 5.32 Å². The molecule has 140 valence electrons. The van der Waals surface area contributed by atoms with Crippen LogP contribution in [-0.2, 0) is 4.79 Å². The van der Waals surface area contributed by atoms with Gasteiger partial charge in [0, 0.05) is 13.1 Å². The molecule has 0 bridgehead atoms. The minimum atomic E-state index is -0.944. The number of thiophene rings is 1. The van der Waals surface area contributed by atoms with Crippen LogP contribution in [0.15, 0.2) is 28.9 Å². The van der Waals surface area contributed by atoms with Crippen molar-refractivity contribution >= 4 is 34.1 Å². The molecule has 0 aliphatic rings. The number of hydrogen-bond donors (Lipinski definition) is 2. The summed E-state index contributed by atoms with van der Waals surface area (Å²) >= 11 is 1.17. The lowest BCUT2D eigenvalue weighted by atomic mass is 10.2. The third-order valence-corrected chi connectivity index (χ3v) is 4.70. The van der Waals surface area contributed by atoms with Crippen LogP contribution in [0.4, 0.5) is 5.00 Å². The smallest absolute Gasteiger partial charge is 0.305 e. The van der Waals surface area contributed by atoms with Crippen molar-refractivity contribution < 1.29 is 23.9 Å². The van der Waals surface area contributed by atoms with Gasteiger partial charge in [0.25, 0.3) is 11.8 Å². The average molecular weight is 378 g/mol. The number of carbonyl (C=O) groups is 3. The zero-order valence-corrected chi connectivity index (χ0v) is 15.8. The Labute approximate surface area is 155 Å². The van der Waals surface area contributed by atoms with E-state index in [1.165, 1.54) is 17.6 Å². The molecule has 2 amide bonds. The van der Waals surface area contributed by atoms with E-state index in [9.17, 15) is 14.4 Å². The Hall–Kier alpha value is -2.61. The Morgan fingerprint density at radius 1 is 1.35 bits per heavy atom. The van der Waals surface area contributed by atoms with Crippen LogP contribution in [0.2, 0.25) is 0 Å². The zero-order chi connectivity index (χ0) is 19.3. The monoisotopic (exact) mass is 378 g/mol. The van der Waals surface area contributed by atoms with Crippen molar-refractivity contribution in [1.29, 1.82) is 0 Å². The second-order valence-electron chi connectivity index (χ2n) is 6.34. The predicted octanol–water partition coefficient (Wildman–Crippen LogP) is 3.47. The first-order valence-electron chi connectivity index (χ1n) is 8.24. The van der Waals surface area contributed by atoms with Gasteiger partial charge < -0.3 is 19.7 Å². The van der Waals surface area contributed by atoms with E-state index in [0.717, 1.165) is 5.56 Å². The Morgan fingerprint density at radius 2 is 2.08 bits per heavy atom. The Bertz CT molecular complexity index is 780. The number of nitrogens with zero attached hydrogens (tertiary/aromatic N) is 1. The van der Waals surface area contributed by atoms with Crippen LogP contribution in [0, 0.1) is 12.8 Å². The molecule has 0 saturated heterocycles. The molecule has 0 unspecified atom stereocenters. The number of nitrogens with one attached hydrogen (secondary N) is 1. The minimum absolute atomic E-state index is 0.106. The number of carbonyl (C=O) groups excluding carboxylic acids is 2. The largest absolute Gasteiger partial charge is 0.481 e. The minimum Gasteiger partial charge on any atom is -0.481 e. The molecule has 0 aliphatic heterocycles. The number of rotatable bonds is 8. The molecule has 2 N–H and O–H groups in total. The number of carboxylic acid groups (broad SMARTS) is 1. The summed E-state index contributed by atoms with van der Waals surface area (Å²) in [6, 6.07) is 4.90. The molecule has 0 aliphatic carbocycles. The summed E-state index contributed by atoms with van der Waals surface area (Å²) in [5, 5.41) is 12.2.